The first-order chi connectivity index (χ1) is 13.2. The number of hydrogen-bond donors (Lipinski definition) is 0. The van der Waals surface area contributed by atoms with Crippen LogP contribution in [-0.2, 0) is 19.7 Å². The number of aryl methyl sites for hydroxylation is 2. The summed E-state index contributed by atoms with van der Waals surface area (Å²) >= 11 is 0. The Labute approximate surface area is 165 Å². The first kappa shape index (κ1) is 20.0. The van der Waals surface area contributed by atoms with Crippen molar-refractivity contribution in [3.05, 3.63) is 94.4 Å². The molecule has 0 heterocycles. The number of benzene rings is 3. The second-order valence-electron chi connectivity index (χ2n) is 6.62. The minimum atomic E-state index is -3.58. The molecule has 0 saturated heterocycles. The highest BCUT2D eigenvalue weighted by atomic mass is 32.2. The quantitative estimate of drug-likeness (QED) is 0.661. The molecule has 0 radical (unpaired) electrons. The van der Waals surface area contributed by atoms with Crippen LogP contribution < -0.4 is 10.4 Å². The SMILES string of the molecule is Cc1ccc(S(=O)(=O)C=c2ccc(=CS(=O)(=O)c3ccc(C)cc3)cc2)cc1. The second kappa shape index (κ2) is 7.73. The van der Waals surface area contributed by atoms with Crippen molar-refractivity contribution in [1.82, 2.24) is 0 Å². The van der Waals surface area contributed by atoms with Gasteiger partial charge >= 0.3 is 0 Å². The van der Waals surface area contributed by atoms with E-state index in [1.165, 1.54) is 10.8 Å². The number of sulfone groups is 2. The third kappa shape index (κ3) is 4.77. The molecule has 28 heavy (non-hydrogen) atoms. The van der Waals surface area contributed by atoms with Crippen LogP contribution in [-0.4, -0.2) is 16.8 Å². The first-order valence-corrected chi connectivity index (χ1v) is 11.7. The van der Waals surface area contributed by atoms with Gasteiger partial charge in [-0.3, -0.25) is 0 Å². The van der Waals surface area contributed by atoms with Crippen molar-refractivity contribution < 1.29 is 16.8 Å². The average Bonchev–Trinajstić information content (AvgIpc) is 2.64. The molecule has 0 fully saturated rings. The van der Waals surface area contributed by atoms with Crippen molar-refractivity contribution in [1.29, 1.82) is 0 Å². The normalized spacial score (nSPS) is 11.8. The van der Waals surface area contributed by atoms with Crippen LogP contribution in [0.15, 0.2) is 82.6 Å². The molecule has 0 unspecified atom stereocenters. The highest BCUT2D eigenvalue weighted by molar-refractivity contribution is 7.99. The van der Waals surface area contributed by atoms with Gasteiger partial charge in [0.15, 0.2) is 19.7 Å². The summed E-state index contributed by atoms with van der Waals surface area (Å²) in [6.45, 7) is 3.78. The maximum Gasteiger partial charge on any atom is 0.200 e. The predicted octanol–water partition coefficient (Wildman–Crippen LogP) is 2.73. The van der Waals surface area contributed by atoms with Gasteiger partial charge in [-0.25, -0.2) is 16.8 Å². The minimum absolute atomic E-state index is 0.218. The highest BCUT2D eigenvalue weighted by Crippen LogP contribution is 2.14. The molecule has 4 nitrogen and oxygen atoms in total. The molecule has 0 amide bonds. The summed E-state index contributed by atoms with van der Waals surface area (Å²) in [5.41, 5.74) is 1.96. The summed E-state index contributed by atoms with van der Waals surface area (Å²) in [5, 5.41) is 3.31. The molecule has 0 N–H and O–H groups in total. The Balaban J connectivity index is 1.95. The molecule has 144 valence electrons. The lowest BCUT2D eigenvalue weighted by molar-refractivity contribution is 0.605. The largest absolute Gasteiger partial charge is 0.219 e. The Morgan fingerprint density at radius 3 is 1.07 bits per heavy atom. The van der Waals surface area contributed by atoms with Crippen molar-refractivity contribution in [3.8, 4) is 0 Å². The van der Waals surface area contributed by atoms with E-state index in [2.05, 4.69) is 0 Å². The number of rotatable bonds is 4. The van der Waals surface area contributed by atoms with Crippen molar-refractivity contribution in [3.63, 3.8) is 0 Å². The number of hydrogen-bond acceptors (Lipinski definition) is 4. The van der Waals surface area contributed by atoms with Gasteiger partial charge in [-0.2, -0.15) is 0 Å². The van der Waals surface area contributed by atoms with Crippen molar-refractivity contribution in [2.24, 2.45) is 0 Å². The Morgan fingerprint density at radius 2 is 0.786 bits per heavy atom. The van der Waals surface area contributed by atoms with E-state index in [4.69, 9.17) is 0 Å². The molecule has 0 spiro atoms. The van der Waals surface area contributed by atoms with Gasteiger partial charge in [0, 0.05) is 10.8 Å². The monoisotopic (exact) mass is 412 g/mol. The van der Waals surface area contributed by atoms with E-state index < -0.39 is 19.7 Å². The van der Waals surface area contributed by atoms with Gasteiger partial charge < -0.3 is 0 Å². The van der Waals surface area contributed by atoms with Crippen LogP contribution in [0.5, 0.6) is 0 Å². The van der Waals surface area contributed by atoms with Crippen LogP contribution in [0.25, 0.3) is 10.8 Å². The minimum Gasteiger partial charge on any atom is -0.219 e. The fourth-order valence-electron chi connectivity index (χ4n) is 2.60. The van der Waals surface area contributed by atoms with Crippen molar-refractivity contribution in [2.75, 3.05) is 0 Å². The lowest BCUT2D eigenvalue weighted by Gasteiger charge is -2.00. The Kier molecular flexibility index (Phi) is 5.54. The molecular weight excluding hydrogens is 392 g/mol. The summed E-state index contributed by atoms with van der Waals surface area (Å²) in [6, 6.07) is 19.6. The van der Waals surface area contributed by atoms with Crippen LogP contribution in [0.1, 0.15) is 11.1 Å². The molecule has 0 aliphatic rings. The summed E-state index contributed by atoms with van der Waals surface area (Å²) < 4.78 is 49.9. The Hall–Kier alpha value is -2.70. The molecule has 0 aliphatic heterocycles. The smallest absolute Gasteiger partial charge is 0.200 e. The van der Waals surface area contributed by atoms with Gasteiger partial charge in [0.25, 0.3) is 0 Å². The van der Waals surface area contributed by atoms with E-state index in [1.54, 1.807) is 72.8 Å². The summed E-state index contributed by atoms with van der Waals surface area (Å²) in [4.78, 5) is 0.436. The van der Waals surface area contributed by atoms with Gasteiger partial charge in [-0.05, 0) is 48.6 Å². The average molecular weight is 413 g/mol. The van der Waals surface area contributed by atoms with Gasteiger partial charge in [-0.1, -0.05) is 59.7 Å². The topological polar surface area (TPSA) is 68.3 Å². The van der Waals surface area contributed by atoms with Crippen LogP contribution in [0.4, 0.5) is 0 Å². The molecule has 0 saturated carbocycles. The van der Waals surface area contributed by atoms with Crippen LogP contribution in [0, 0.1) is 13.8 Å². The van der Waals surface area contributed by atoms with Gasteiger partial charge in [0.2, 0.25) is 0 Å². The molecule has 0 bridgehead atoms. The van der Waals surface area contributed by atoms with Gasteiger partial charge in [-0.15, -0.1) is 0 Å². The Morgan fingerprint density at radius 1 is 0.500 bits per heavy atom. The third-order valence-corrected chi connectivity index (χ3v) is 7.24. The van der Waals surface area contributed by atoms with E-state index in [9.17, 15) is 16.8 Å². The molecular formula is C22H20O4S2. The van der Waals surface area contributed by atoms with E-state index in [-0.39, 0.29) is 9.79 Å². The first-order valence-electron chi connectivity index (χ1n) is 8.59. The fourth-order valence-corrected chi connectivity index (χ4v) is 4.94. The highest BCUT2D eigenvalue weighted by Gasteiger charge is 2.11. The van der Waals surface area contributed by atoms with E-state index in [1.807, 2.05) is 13.8 Å². The van der Waals surface area contributed by atoms with E-state index in [0.717, 1.165) is 11.1 Å². The maximum absolute atomic E-state index is 12.5. The van der Waals surface area contributed by atoms with E-state index >= 15 is 0 Å². The maximum atomic E-state index is 12.5. The lowest BCUT2D eigenvalue weighted by atomic mass is 10.2. The molecule has 0 aliphatic carbocycles. The third-order valence-electron chi connectivity index (χ3n) is 4.22. The van der Waals surface area contributed by atoms with Gasteiger partial charge in [0.1, 0.15) is 0 Å². The fraction of sp³-hybridized carbons (Fsp3) is 0.0909. The molecule has 6 heteroatoms. The summed E-state index contributed by atoms with van der Waals surface area (Å²) in [7, 11) is -7.16. The molecule has 3 aromatic carbocycles. The second-order valence-corrected chi connectivity index (χ2v) is 10.2. The van der Waals surface area contributed by atoms with Crippen molar-refractivity contribution in [2.45, 2.75) is 23.6 Å². The van der Waals surface area contributed by atoms with Crippen LogP contribution in [0.2, 0.25) is 0 Å². The standard InChI is InChI=1S/C22H20O4S2/c1-17-3-11-21(12-4-17)27(23,24)15-19-7-9-20(10-8-19)16-28(25,26)22-13-5-18(2)6-14-22/h3-16H,1-2H3. The zero-order chi connectivity index (χ0) is 20.4. The van der Waals surface area contributed by atoms with Crippen LogP contribution in [0.3, 0.4) is 0 Å². The zero-order valence-electron chi connectivity index (χ0n) is 15.5. The summed E-state index contributed by atoms with van der Waals surface area (Å²) in [5.74, 6) is 0. The van der Waals surface area contributed by atoms with E-state index in [0.29, 0.717) is 10.4 Å². The van der Waals surface area contributed by atoms with Crippen molar-refractivity contribution >= 4 is 30.5 Å². The molecule has 3 rings (SSSR count). The summed E-state index contributed by atoms with van der Waals surface area (Å²) in [6.07, 6.45) is 0. The van der Waals surface area contributed by atoms with Crippen LogP contribution >= 0.6 is 0 Å². The Bertz CT molecular complexity index is 1190. The lowest BCUT2D eigenvalue weighted by Crippen LogP contribution is -2.12. The predicted molar refractivity (Wildman–Crippen MR) is 111 cm³/mol. The molecule has 3 aromatic rings. The molecule has 0 aromatic heterocycles. The zero-order valence-corrected chi connectivity index (χ0v) is 17.2. The molecule has 0 atom stereocenters. The van der Waals surface area contributed by atoms with Gasteiger partial charge in [0.05, 0.1) is 9.79 Å².